The summed E-state index contributed by atoms with van der Waals surface area (Å²) in [5.41, 5.74) is 3.72. The SMILES string of the molecule is C/C=C/F.CC.CC/C=C(\CC)CN=c1ccn(Cc2ccc(Br)cc2)cc1NC.CF. The van der Waals surface area contributed by atoms with Gasteiger partial charge in [-0.1, -0.05) is 73.5 Å². The predicted molar refractivity (Wildman–Crippen MR) is 141 cm³/mol. The van der Waals surface area contributed by atoms with Crippen LogP contribution in [-0.4, -0.2) is 25.3 Å². The van der Waals surface area contributed by atoms with Crippen LogP contribution in [0.1, 0.15) is 53.0 Å². The fourth-order valence-electron chi connectivity index (χ4n) is 2.56. The molecule has 180 valence electrons. The van der Waals surface area contributed by atoms with Crippen LogP contribution in [0.15, 0.2) is 76.2 Å². The van der Waals surface area contributed by atoms with Crippen molar-refractivity contribution in [3.8, 4) is 0 Å². The molecule has 0 amide bonds. The van der Waals surface area contributed by atoms with Gasteiger partial charge in [-0.3, -0.25) is 9.38 Å². The average molecular weight is 513 g/mol. The average Bonchev–Trinajstić information content (AvgIpc) is 2.86. The smallest absolute Gasteiger partial charge is 0.0839 e. The summed E-state index contributed by atoms with van der Waals surface area (Å²) < 4.78 is 23.3. The minimum atomic E-state index is 0.500. The summed E-state index contributed by atoms with van der Waals surface area (Å²) in [7, 11) is 2.45. The first-order chi connectivity index (χ1) is 15.6. The highest BCUT2D eigenvalue weighted by Gasteiger charge is 1.99. The number of allylic oxidation sites excluding steroid dienone is 2. The molecule has 2 aromatic rings. The molecule has 0 atom stereocenters. The molecule has 0 spiro atoms. The van der Waals surface area contributed by atoms with Crippen molar-refractivity contribution in [1.29, 1.82) is 0 Å². The molecule has 0 aliphatic carbocycles. The number of alkyl halides is 1. The number of nitrogens with zero attached hydrogens (tertiary/aromatic N) is 2. The summed E-state index contributed by atoms with van der Waals surface area (Å²) in [5, 5.41) is 4.28. The van der Waals surface area contributed by atoms with E-state index in [0.717, 1.165) is 41.4 Å². The number of halogens is 3. The molecule has 2 rings (SSSR count). The second kappa shape index (κ2) is 22.0. The Balaban J connectivity index is 0. The molecule has 6 heteroatoms. The van der Waals surface area contributed by atoms with Gasteiger partial charge in [-0.2, -0.15) is 0 Å². The molecular weight excluding hydrogens is 472 g/mol. The molecule has 0 bridgehead atoms. The van der Waals surface area contributed by atoms with E-state index >= 15 is 0 Å². The Bertz CT molecular complexity index is 822. The lowest BCUT2D eigenvalue weighted by Crippen LogP contribution is -2.14. The number of nitrogens with one attached hydrogen (secondary N) is 1. The largest absolute Gasteiger partial charge is 0.385 e. The molecule has 0 aliphatic heterocycles. The number of aromatic nitrogens is 1. The molecule has 1 aromatic heterocycles. The number of hydrogen-bond donors (Lipinski definition) is 1. The maximum Gasteiger partial charge on any atom is 0.0839 e. The van der Waals surface area contributed by atoms with Crippen LogP contribution in [0.2, 0.25) is 0 Å². The van der Waals surface area contributed by atoms with Gasteiger partial charge in [0.05, 0.1) is 31.1 Å². The van der Waals surface area contributed by atoms with Crippen molar-refractivity contribution < 1.29 is 8.78 Å². The van der Waals surface area contributed by atoms with Gasteiger partial charge >= 0.3 is 0 Å². The van der Waals surface area contributed by atoms with Crippen molar-refractivity contribution in [3.05, 3.63) is 82.2 Å². The maximum atomic E-state index is 10.5. The zero-order valence-electron chi connectivity index (χ0n) is 20.6. The first-order valence-corrected chi connectivity index (χ1v) is 11.8. The summed E-state index contributed by atoms with van der Waals surface area (Å²) in [6.07, 6.45) is 10.5. The standard InChI is InChI=1S/C20H26BrN3.C3H5F.C2H6.CH3F/c1-4-6-16(5-2)13-23-19-11-12-24(15-20(19)22-3)14-17-7-9-18(21)10-8-17;1-2-3-4;2*1-2/h6-12,15,22H,4-5,13-14H2,1-3H3;2-3H,1H3;1-2H3;1H3/b16-6+,23-19?;3-2+;;. The van der Waals surface area contributed by atoms with Crippen molar-refractivity contribution in [2.24, 2.45) is 4.99 Å². The van der Waals surface area contributed by atoms with Gasteiger partial charge < -0.3 is 9.88 Å². The Morgan fingerprint density at radius 1 is 1.12 bits per heavy atom. The zero-order chi connectivity index (χ0) is 24.8. The van der Waals surface area contributed by atoms with E-state index in [2.05, 4.69) is 88.5 Å². The first-order valence-electron chi connectivity index (χ1n) is 11.0. The van der Waals surface area contributed by atoms with Crippen LogP contribution in [0.3, 0.4) is 0 Å². The highest BCUT2D eigenvalue weighted by Crippen LogP contribution is 2.12. The summed E-state index contributed by atoms with van der Waals surface area (Å²) in [5.74, 6) is 0. The van der Waals surface area contributed by atoms with Gasteiger partial charge in [-0.05, 0) is 43.5 Å². The van der Waals surface area contributed by atoms with Crippen LogP contribution in [0.25, 0.3) is 0 Å². The third kappa shape index (κ3) is 14.0. The predicted octanol–water partition coefficient (Wildman–Crippen LogP) is 8.09. The second-order valence-electron chi connectivity index (χ2n) is 6.19. The lowest BCUT2D eigenvalue weighted by atomic mass is 10.2. The van der Waals surface area contributed by atoms with Crippen LogP contribution in [-0.2, 0) is 6.54 Å². The van der Waals surface area contributed by atoms with Gasteiger partial charge in [0.2, 0.25) is 0 Å². The first kappa shape index (κ1) is 32.0. The Kier molecular flexibility index (Phi) is 22.0. The molecule has 0 radical (unpaired) electrons. The maximum absolute atomic E-state index is 10.5. The van der Waals surface area contributed by atoms with Crippen LogP contribution >= 0.6 is 15.9 Å². The van der Waals surface area contributed by atoms with E-state index in [1.807, 2.05) is 20.9 Å². The Hall–Kier alpha value is -2.21. The van der Waals surface area contributed by atoms with E-state index in [0.29, 0.717) is 13.5 Å². The third-order valence-corrected chi connectivity index (χ3v) is 4.60. The van der Waals surface area contributed by atoms with E-state index in [9.17, 15) is 8.78 Å². The summed E-state index contributed by atoms with van der Waals surface area (Å²) >= 11 is 3.48. The summed E-state index contributed by atoms with van der Waals surface area (Å²) in [4.78, 5) is 4.78. The Labute approximate surface area is 202 Å². The normalized spacial score (nSPS) is 10.9. The lowest BCUT2D eigenvalue weighted by Gasteiger charge is -2.10. The van der Waals surface area contributed by atoms with Gasteiger partial charge in [0.1, 0.15) is 0 Å². The fraction of sp³-hybridized carbons (Fsp3) is 0.423. The van der Waals surface area contributed by atoms with Gasteiger partial charge in [-0.15, -0.1) is 0 Å². The number of rotatable bonds is 7. The molecular formula is C26H40BrF2N3. The van der Waals surface area contributed by atoms with E-state index in [-0.39, 0.29) is 0 Å². The minimum absolute atomic E-state index is 0.500. The molecule has 0 unspecified atom stereocenters. The van der Waals surface area contributed by atoms with Crippen molar-refractivity contribution in [2.45, 2.75) is 54.0 Å². The molecule has 0 saturated carbocycles. The number of anilines is 1. The van der Waals surface area contributed by atoms with Gasteiger partial charge in [0.15, 0.2) is 0 Å². The minimum Gasteiger partial charge on any atom is -0.385 e. The molecule has 32 heavy (non-hydrogen) atoms. The van der Waals surface area contributed by atoms with E-state index in [1.54, 1.807) is 6.92 Å². The quantitative estimate of drug-likeness (QED) is 0.373. The zero-order valence-corrected chi connectivity index (χ0v) is 22.2. The lowest BCUT2D eigenvalue weighted by molar-refractivity contribution is 0.636. The Morgan fingerprint density at radius 3 is 2.19 bits per heavy atom. The van der Waals surface area contributed by atoms with Crippen LogP contribution in [0.4, 0.5) is 14.5 Å². The van der Waals surface area contributed by atoms with Gasteiger partial charge in [0, 0.05) is 30.5 Å². The van der Waals surface area contributed by atoms with E-state index in [4.69, 9.17) is 4.99 Å². The van der Waals surface area contributed by atoms with Gasteiger partial charge in [0.25, 0.3) is 0 Å². The van der Waals surface area contributed by atoms with Crippen LogP contribution in [0.5, 0.6) is 0 Å². The molecule has 0 fully saturated rings. The molecule has 3 nitrogen and oxygen atoms in total. The fourth-order valence-corrected chi connectivity index (χ4v) is 2.82. The summed E-state index contributed by atoms with van der Waals surface area (Å²) in [6, 6.07) is 10.5. The van der Waals surface area contributed by atoms with Crippen molar-refractivity contribution in [3.63, 3.8) is 0 Å². The Morgan fingerprint density at radius 2 is 1.72 bits per heavy atom. The van der Waals surface area contributed by atoms with E-state index < -0.39 is 0 Å². The highest BCUT2D eigenvalue weighted by molar-refractivity contribution is 9.10. The van der Waals surface area contributed by atoms with Crippen LogP contribution < -0.4 is 10.7 Å². The molecule has 1 heterocycles. The summed E-state index contributed by atoms with van der Waals surface area (Å²) in [6.45, 7) is 11.6. The number of hydrogen-bond acceptors (Lipinski definition) is 2. The second-order valence-corrected chi connectivity index (χ2v) is 7.11. The van der Waals surface area contributed by atoms with Crippen molar-refractivity contribution in [1.82, 2.24) is 4.57 Å². The van der Waals surface area contributed by atoms with Crippen molar-refractivity contribution in [2.75, 3.05) is 26.1 Å². The highest BCUT2D eigenvalue weighted by atomic mass is 79.9. The third-order valence-electron chi connectivity index (χ3n) is 4.07. The molecule has 1 aromatic carbocycles. The molecule has 0 saturated heterocycles. The van der Waals surface area contributed by atoms with Crippen LogP contribution in [0, 0.1) is 0 Å². The van der Waals surface area contributed by atoms with Gasteiger partial charge in [-0.25, -0.2) is 4.39 Å². The topological polar surface area (TPSA) is 29.3 Å². The molecule has 1 N–H and O–H groups in total. The van der Waals surface area contributed by atoms with E-state index in [1.165, 1.54) is 17.2 Å². The molecule has 0 aliphatic rings. The van der Waals surface area contributed by atoms with Crippen molar-refractivity contribution >= 4 is 21.6 Å². The number of pyridine rings is 1. The monoisotopic (exact) mass is 511 g/mol. The number of benzene rings is 1.